The van der Waals surface area contributed by atoms with E-state index in [2.05, 4.69) is 10.6 Å². The standard InChI is InChI=1S/C18H19FN4O/c1-23(2)17(14-4-3-5-15(19)10-14)12-21-18(24)22-16-8-6-13(11-20)7-9-16/h3-10,17H,12H2,1-2H3,(H2,21,22,24). The van der Waals surface area contributed by atoms with Crippen molar-refractivity contribution in [3.63, 3.8) is 0 Å². The third-order valence-corrected chi connectivity index (χ3v) is 3.58. The fourth-order valence-corrected chi connectivity index (χ4v) is 2.31. The lowest BCUT2D eigenvalue weighted by Gasteiger charge is -2.25. The quantitative estimate of drug-likeness (QED) is 0.887. The minimum atomic E-state index is -0.358. The van der Waals surface area contributed by atoms with Crippen molar-refractivity contribution in [3.05, 3.63) is 65.5 Å². The second-order valence-corrected chi connectivity index (χ2v) is 5.56. The first-order valence-corrected chi connectivity index (χ1v) is 7.46. The highest BCUT2D eigenvalue weighted by Gasteiger charge is 2.15. The average molecular weight is 326 g/mol. The highest BCUT2D eigenvalue weighted by molar-refractivity contribution is 5.89. The van der Waals surface area contributed by atoms with Gasteiger partial charge >= 0.3 is 6.03 Å². The number of urea groups is 1. The number of carbonyl (C=O) groups is 1. The molecular formula is C18H19FN4O. The van der Waals surface area contributed by atoms with Crippen molar-refractivity contribution in [1.29, 1.82) is 5.26 Å². The third-order valence-electron chi connectivity index (χ3n) is 3.58. The van der Waals surface area contributed by atoms with E-state index >= 15 is 0 Å². The Labute approximate surface area is 140 Å². The van der Waals surface area contributed by atoms with Crippen molar-refractivity contribution in [3.8, 4) is 6.07 Å². The van der Waals surface area contributed by atoms with E-state index in [4.69, 9.17) is 5.26 Å². The highest BCUT2D eigenvalue weighted by atomic mass is 19.1. The van der Waals surface area contributed by atoms with Crippen LogP contribution in [-0.2, 0) is 0 Å². The van der Waals surface area contributed by atoms with Gasteiger partial charge in [0, 0.05) is 12.2 Å². The number of hydrogen-bond acceptors (Lipinski definition) is 3. The summed E-state index contributed by atoms with van der Waals surface area (Å²) in [6, 6.07) is 14.4. The summed E-state index contributed by atoms with van der Waals surface area (Å²) in [4.78, 5) is 13.9. The van der Waals surface area contributed by atoms with Gasteiger partial charge in [0.15, 0.2) is 0 Å². The van der Waals surface area contributed by atoms with E-state index in [0.29, 0.717) is 17.8 Å². The predicted octanol–water partition coefficient (Wildman–Crippen LogP) is 3.12. The zero-order chi connectivity index (χ0) is 17.5. The van der Waals surface area contributed by atoms with Gasteiger partial charge in [-0.25, -0.2) is 9.18 Å². The van der Waals surface area contributed by atoms with E-state index in [-0.39, 0.29) is 17.9 Å². The Bertz CT molecular complexity index is 737. The molecule has 2 rings (SSSR count). The number of carbonyl (C=O) groups excluding carboxylic acids is 1. The topological polar surface area (TPSA) is 68.2 Å². The van der Waals surface area contributed by atoms with Gasteiger partial charge in [0.05, 0.1) is 17.7 Å². The minimum Gasteiger partial charge on any atom is -0.336 e. The van der Waals surface area contributed by atoms with E-state index < -0.39 is 0 Å². The van der Waals surface area contributed by atoms with Crippen LogP contribution < -0.4 is 10.6 Å². The van der Waals surface area contributed by atoms with Crippen molar-refractivity contribution >= 4 is 11.7 Å². The van der Waals surface area contributed by atoms with Gasteiger partial charge in [0.25, 0.3) is 0 Å². The van der Waals surface area contributed by atoms with Gasteiger partial charge in [-0.05, 0) is 56.1 Å². The molecule has 124 valence electrons. The number of anilines is 1. The van der Waals surface area contributed by atoms with Crippen molar-refractivity contribution in [2.75, 3.05) is 26.0 Å². The van der Waals surface area contributed by atoms with Gasteiger partial charge in [-0.2, -0.15) is 5.26 Å². The molecule has 0 saturated carbocycles. The van der Waals surface area contributed by atoms with Crippen molar-refractivity contribution < 1.29 is 9.18 Å². The van der Waals surface area contributed by atoms with Crippen molar-refractivity contribution in [2.24, 2.45) is 0 Å². The molecule has 2 aromatic carbocycles. The van der Waals surface area contributed by atoms with Crippen LogP contribution in [0.4, 0.5) is 14.9 Å². The van der Waals surface area contributed by atoms with Crippen LogP contribution in [0.3, 0.4) is 0 Å². The lowest BCUT2D eigenvalue weighted by atomic mass is 10.1. The van der Waals surface area contributed by atoms with Crippen LogP contribution in [0.15, 0.2) is 48.5 Å². The lowest BCUT2D eigenvalue weighted by Crippen LogP contribution is -2.36. The summed E-state index contributed by atoms with van der Waals surface area (Å²) in [5.41, 5.74) is 1.91. The Kier molecular flexibility index (Phi) is 5.88. The lowest BCUT2D eigenvalue weighted by molar-refractivity contribution is 0.243. The van der Waals surface area contributed by atoms with E-state index in [1.165, 1.54) is 12.1 Å². The van der Waals surface area contributed by atoms with E-state index in [0.717, 1.165) is 5.56 Å². The first-order chi connectivity index (χ1) is 11.5. The second kappa shape index (κ2) is 8.09. The van der Waals surface area contributed by atoms with E-state index in [9.17, 15) is 9.18 Å². The van der Waals surface area contributed by atoms with Gasteiger partial charge in [0.2, 0.25) is 0 Å². The molecule has 2 N–H and O–H groups in total. The van der Waals surface area contributed by atoms with Gasteiger partial charge in [-0.15, -0.1) is 0 Å². The first kappa shape index (κ1) is 17.4. The number of rotatable bonds is 5. The summed E-state index contributed by atoms with van der Waals surface area (Å²) in [6.45, 7) is 0.332. The summed E-state index contributed by atoms with van der Waals surface area (Å²) < 4.78 is 13.4. The number of benzene rings is 2. The predicted molar refractivity (Wildman–Crippen MR) is 91.0 cm³/mol. The number of halogens is 1. The van der Waals surface area contributed by atoms with E-state index in [1.54, 1.807) is 30.3 Å². The third kappa shape index (κ3) is 4.80. The molecule has 2 aromatic rings. The molecule has 0 bridgehead atoms. The molecule has 0 aliphatic heterocycles. The van der Waals surface area contributed by atoms with Gasteiger partial charge in [-0.3, -0.25) is 0 Å². The summed E-state index contributed by atoms with van der Waals surface area (Å²) >= 11 is 0. The van der Waals surface area contributed by atoms with E-state index in [1.807, 2.05) is 31.1 Å². The Morgan fingerprint density at radius 1 is 1.25 bits per heavy atom. The number of nitrogens with one attached hydrogen (secondary N) is 2. The molecule has 0 fully saturated rings. The van der Waals surface area contributed by atoms with Crippen molar-refractivity contribution in [1.82, 2.24) is 10.2 Å². The van der Waals surface area contributed by atoms with Crippen LogP contribution in [0.5, 0.6) is 0 Å². The second-order valence-electron chi connectivity index (χ2n) is 5.56. The molecule has 0 aromatic heterocycles. The Morgan fingerprint density at radius 3 is 2.54 bits per heavy atom. The maximum absolute atomic E-state index is 13.4. The summed E-state index contributed by atoms with van der Waals surface area (Å²) in [6.07, 6.45) is 0. The van der Waals surface area contributed by atoms with Gasteiger partial charge < -0.3 is 15.5 Å². The Balaban J connectivity index is 1.96. The van der Waals surface area contributed by atoms with Gasteiger partial charge in [0.1, 0.15) is 5.82 Å². The highest BCUT2D eigenvalue weighted by Crippen LogP contribution is 2.18. The molecule has 0 aliphatic carbocycles. The first-order valence-electron chi connectivity index (χ1n) is 7.46. The average Bonchev–Trinajstić information content (AvgIpc) is 2.55. The fraction of sp³-hybridized carbons (Fsp3) is 0.222. The SMILES string of the molecule is CN(C)C(CNC(=O)Nc1ccc(C#N)cc1)c1cccc(F)c1. The monoisotopic (exact) mass is 326 g/mol. The zero-order valence-electron chi connectivity index (χ0n) is 13.6. The molecule has 5 nitrogen and oxygen atoms in total. The number of hydrogen-bond donors (Lipinski definition) is 2. The van der Waals surface area contributed by atoms with Crippen LogP contribution >= 0.6 is 0 Å². The molecule has 1 unspecified atom stereocenters. The summed E-state index contributed by atoms with van der Waals surface area (Å²) in [5.74, 6) is -0.304. The maximum atomic E-state index is 13.4. The van der Waals surface area contributed by atoms with Crippen molar-refractivity contribution in [2.45, 2.75) is 6.04 Å². The summed E-state index contributed by atoms with van der Waals surface area (Å²) in [5, 5.41) is 14.2. The zero-order valence-corrected chi connectivity index (χ0v) is 13.6. The molecule has 0 radical (unpaired) electrons. The smallest absolute Gasteiger partial charge is 0.319 e. The van der Waals surface area contributed by atoms with Crippen LogP contribution in [-0.4, -0.2) is 31.6 Å². The Hall–Kier alpha value is -2.91. The minimum absolute atomic E-state index is 0.146. The number of amides is 2. The molecule has 6 heteroatoms. The van der Waals surface area contributed by atoms with Crippen LogP contribution in [0.2, 0.25) is 0 Å². The molecule has 1 atom stereocenters. The number of likely N-dealkylation sites (N-methyl/N-ethyl adjacent to an activating group) is 1. The molecule has 0 saturated heterocycles. The molecular weight excluding hydrogens is 307 g/mol. The van der Waals surface area contributed by atoms with Crippen LogP contribution in [0, 0.1) is 17.1 Å². The normalized spacial score (nSPS) is 11.6. The largest absolute Gasteiger partial charge is 0.336 e. The van der Waals surface area contributed by atoms with Crippen LogP contribution in [0.25, 0.3) is 0 Å². The summed E-state index contributed by atoms with van der Waals surface area (Å²) in [7, 11) is 3.74. The van der Waals surface area contributed by atoms with Gasteiger partial charge in [-0.1, -0.05) is 12.1 Å². The molecule has 2 amide bonds. The molecule has 0 heterocycles. The fourth-order valence-electron chi connectivity index (χ4n) is 2.31. The number of nitrogens with zero attached hydrogens (tertiary/aromatic N) is 2. The molecule has 0 spiro atoms. The molecule has 24 heavy (non-hydrogen) atoms. The number of nitriles is 1. The van der Waals surface area contributed by atoms with Crippen LogP contribution in [0.1, 0.15) is 17.2 Å². The Morgan fingerprint density at radius 2 is 1.96 bits per heavy atom. The maximum Gasteiger partial charge on any atom is 0.319 e. The molecule has 0 aliphatic rings.